The van der Waals surface area contributed by atoms with Crippen LogP contribution in [0.3, 0.4) is 0 Å². The zero-order valence-electron chi connectivity index (χ0n) is 16.6. The number of nitrogens with one attached hydrogen (secondary N) is 1. The molecule has 0 saturated carbocycles. The van der Waals surface area contributed by atoms with E-state index >= 15 is 0 Å². The minimum absolute atomic E-state index is 0.0183. The molecule has 0 aliphatic carbocycles. The molecule has 3 aromatic rings. The molecular weight excluding hydrogens is 366 g/mol. The molecule has 6 heteroatoms. The summed E-state index contributed by atoms with van der Waals surface area (Å²) in [5.74, 6) is 0.779. The fourth-order valence-electron chi connectivity index (χ4n) is 3.78. The van der Waals surface area contributed by atoms with Crippen LogP contribution in [-0.2, 0) is 11.2 Å². The number of rotatable bonds is 5. The van der Waals surface area contributed by atoms with Crippen molar-refractivity contribution in [2.45, 2.75) is 13.3 Å². The van der Waals surface area contributed by atoms with Gasteiger partial charge in [0.25, 0.3) is 5.91 Å². The Kier molecular flexibility index (Phi) is 5.51. The molecule has 29 heavy (non-hydrogen) atoms. The molecule has 1 aliphatic heterocycles. The number of carbonyl (C=O) groups is 2. The van der Waals surface area contributed by atoms with Crippen molar-refractivity contribution in [3.8, 4) is 5.75 Å². The maximum atomic E-state index is 12.8. The van der Waals surface area contributed by atoms with Gasteiger partial charge < -0.3 is 19.5 Å². The molecule has 0 atom stereocenters. The van der Waals surface area contributed by atoms with E-state index in [9.17, 15) is 9.59 Å². The van der Waals surface area contributed by atoms with E-state index in [4.69, 9.17) is 4.74 Å². The summed E-state index contributed by atoms with van der Waals surface area (Å²) in [6, 6.07) is 15.3. The highest BCUT2D eigenvalue weighted by Gasteiger charge is 2.25. The van der Waals surface area contributed by atoms with Crippen molar-refractivity contribution in [2.75, 3.05) is 32.8 Å². The van der Waals surface area contributed by atoms with E-state index in [0.717, 1.165) is 16.5 Å². The lowest BCUT2D eigenvalue weighted by molar-refractivity contribution is -0.131. The number of carbonyl (C=O) groups excluding carboxylic acids is 2. The number of hydrogen-bond donors (Lipinski definition) is 1. The SMILES string of the molecule is CCOc1cccc(C(=O)N2CCN(C(=O)Cc3c[nH]c4ccccc34)CC2)c1. The van der Waals surface area contributed by atoms with Gasteiger partial charge >= 0.3 is 0 Å². The standard InChI is InChI=1S/C23H25N3O3/c1-2-29-19-7-5-6-17(14-19)23(28)26-12-10-25(11-13-26)22(27)15-18-16-24-21-9-4-3-8-20(18)21/h3-9,14,16,24H,2,10-13,15H2,1H3. The van der Waals surface area contributed by atoms with Gasteiger partial charge in [0.15, 0.2) is 0 Å². The third kappa shape index (κ3) is 4.11. The van der Waals surface area contributed by atoms with Crippen LogP contribution < -0.4 is 4.74 Å². The van der Waals surface area contributed by atoms with E-state index in [1.54, 1.807) is 17.0 Å². The molecule has 0 unspecified atom stereocenters. The van der Waals surface area contributed by atoms with Crippen molar-refractivity contribution in [1.82, 2.24) is 14.8 Å². The maximum Gasteiger partial charge on any atom is 0.254 e. The number of amides is 2. The van der Waals surface area contributed by atoms with Gasteiger partial charge in [0.05, 0.1) is 13.0 Å². The second kappa shape index (κ2) is 8.39. The molecule has 1 saturated heterocycles. The monoisotopic (exact) mass is 391 g/mol. The summed E-state index contributed by atoms with van der Waals surface area (Å²) in [5, 5.41) is 1.09. The van der Waals surface area contributed by atoms with Crippen LogP contribution in [0.1, 0.15) is 22.8 Å². The summed E-state index contributed by atoms with van der Waals surface area (Å²) >= 11 is 0. The predicted octanol–water partition coefficient (Wildman–Crippen LogP) is 3.09. The Bertz CT molecular complexity index is 1020. The third-order valence-electron chi connectivity index (χ3n) is 5.33. The van der Waals surface area contributed by atoms with E-state index in [1.165, 1.54) is 0 Å². The second-order valence-corrected chi connectivity index (χ2v) is 7.17. The molecule has 1 aromatic heterocycles. The molecule has 6 nitrogen and oxygen atoms in total. The van der Waals surface area contributed by atoms with Gasteiger partial charge in [-0.3, -0.25) is 9.59 Å². The zero-order valence-corrected chi connectivity index (χ0v) is 16.6. The maximum absolute atomic E-state index is 12.8. The zero-order chi connectivity index (χ0) is 20.2. The summed E-state index contributed by atoms with van der Waals surface area (Å²) in [6.45, 7) is 4.67. The van der Waals surface area contributed by atoms with Crippen molar-refractivity contribution >= 4 is 22.7 Å². The Balaban J connectivity index is 1.36. The molecule has 1 aliphatic rings. The molecule has 1 N–H and O–H groups in total. The second-order valence-electron chi connectivity index (χ2n) is 7.17. The van der Waals surface area contributed by atoms with Crippen molar-refractivity contribution in [3.05, 3.63) is 65.9 Å². The highest BCUT2D eigenvalue weighted by molar-refractivity contribution is 5.95. The third-order valence-corrected chi connectivity index (χ3v) is 5.33. The molecule has 2 aromatic carbocycles. The van der Waals surface area contributed by atoms with Crippen molar-refractivity contribution in [1.29, 1.82) is 0 Å². The number of fused-ring (bicyclic) bond motifs is 1. The summed E-state index contributed by atoms with van der Waals surface area (Å²) in [5.41, 5.74) is 2.67. The number of ether oxygens (including phenoxy) is 1. The van der Waals surface area contributed by atoms with Crippen LogP contribution in [0.4, 0.5) is 0 Å². The normalized spacial score (nSPS) is 14.2. The molecule has 4 rings (SSSR count). The minimum Gasteiger partial charge on any atom is -0.494 e. The van der Waals surface area contributed by atoms with Gasteiger partial charge in [0, 0.05) is 48.8 Å². The van der Waals surface area contributed by atoms with Gasteiger partial charge in [0.2, 0.25) is 5.91 Å². The lowest BCUT2D eigenvalue weighted by atomic mass is 10.1. The van der Waals surface area contributed by atoms with E-state index in [2.05, 4.69) is 4.98 Å². The summed E-state index contributed by atoms with van der Waals surface area (Å²) in [4.78, 5) is 32.4. The lowest BCUT2D eigenvalue weighted by Gasteiger charge is -2.35. The number of hydrogen-bond acceptors (Lipinski definition) is 3. The van der Waals surface area contributed by atoms with Crippen LogP contribution in [0, 0.1) is 0 Å². The first-order valence-electron chi connectivity index (χ1n) is 10.0. The fraction of sp³-hybridized carbons (Fsp3) is 0.304. The van der Waals surface area contributed by atoms with E-state index in [0.29, 0.717) is 50.5 Å². The summed E-state index contributed by atoms with van der Waals surface area (Å²) < 4.78 is 5.49. The highest BCUT2D eigenvalue weighted by Crippen LogP contribution is 2.20. The number of aromatic amines is 1. The van der Waals surface area contributed by atoms with Gasteiger partial charge in [-0.2, -0.15) is 0 Å². The number of H-pyrrole nitrogens is 1. The van der Waals surface area contributed by atoms with Crippen LogP contribution >= 0.6 is 0 Å². The molecule has 1 fully saturated rings. The van der Waals surface area contributed by atoms with Gasteiger partial charge in [-0.05, 0) is 36.8 Å². The van der Waals surface area contributed by atoms with Gasteiger partial charge in [-0.25, -0.2) is 0 Å². The van der Waals surface area contributed by atoms with Gasteiger partial charge in [0.1, 0.15) is 5.75 Å². The average molecular weight is 391 g/mol. The summed E-state index contributed by atoms with van der Waals surface area (Å²) in [6.07, 6.45) is 2.28. The molecule has 0 radical (unpaired) electrons. The quantitative estimate of drug-likeness (QED) is 0.727. The predicted molar refractivity (Wildman–Crippen MR) is 112 cm³/mol. The fourth-order valence-corrected chi connectivity index (χ4v) is 3.78. The molecule has 0 bridgehead atoms. The Morgan fingerprint density at radius 1 is 1.00 bits per heavy atom. The Labute approximate surface area is 170 Å². The topological polar surface area (TPSA) is 65.6 Å². The number of aromatic nitrogens is 1. The first kappa shape index (κ1) is 19.1. The smallest absolute Gasteiger partial charge is 0.254 e. The Morgan fingerprint density at radius 2 is 1.76 bits per heavy atom. The minimum atomic E-state index is -0.0183. The van der Waals surface area contributed by atoms with Gasteiger partial charge in [-0.15, -0.1) is 0 Å². The molecule has 0 spiro atoms. The van der Waals surface area contributed by atoms with Crippen LogP contribution in [0.5, 0.6) is 5.75 Å². The van der Waals surface area contributed by atoms with E-state index < -0.39 is 0 Å². The van der Waals surface area contributed by atoms with Gasteiger partial charge in [-0.1, -0.05) is 24.3 Å². The van der Waals surface area contributed by atoms with Crippen molar-refractivity contribution in [2.24, 2.45) is 0 Å². The molecular formula is C23H25N3O3. The average Bonchev–Trinajstić information content (AvgIpc) is 3.17. The van der Waals surface area contributed by atoms with Crippen molar-refractivity contribution < 1.29 is 14.3 Å². The number of para-hydroxylation sites is 1. The largest absolute Gasteiger partial charge is 0.494 e. The van der Waals surface area contributed by atoms with Crippen LogP contribution in [0.15, 0.2) is 54.7 Å². The van der Waals surface area contributed by atoms with Crippen LogP contribution in [0.25, 0.3) is 10.9 Å². The van der Waals surface area contributed by atoms with Crippen LogP contribution in [0.2, 0.25) is 0 Å². The van der Waals surface area contributed by atoms with Crippen LogP contribution in [-0.4, -0.2) is 59.4 Å². The first-order valence-corrected chi connectivity index (χ1v) is 10.0. The number of benzene rings is 2. The molecule has 2 amide bonds. The lowest BCUT2D eigenvalue weighted by Crippen LogP contribution is -2.51. The van der Waals surface area contributed by atoms with Crippen molar-refractivity contribution in [3.63, 3.8) is 0 Å². The molecule has 2 heterocycles. The Morgan fingerprint density at radius 3 is 2.55 bits per heavy atom. The summed E-state index contributed by atoms with van der Waals surface area (Å²) in [7, 11) is 0. The highest BCUT2D eigenvalue weighted by atomic mass is 16.5. The number of piperazine rings is 1. The first-order chi connectivity index (χ1) is 14.2. The van der Waals surface area contributed by atoms with E-state index in [-0.39, 0.29) is 11.8 Å². The number of nitrogens with zero attached hydrogens (tertiary/aromatic N) is 2. The Hall–Kier alpha value is -3.28. The van der Waals surface area contributed by atoms with E-state index in [1.807, 2.05) is 54.4 Å². The molecule has 150 valence electrons.